The highest BCUT2D eigenvalue weighted by Crippen LogP contribution is 2.27. The molecule has 0 saturated heterocycles. The minimum Gasteiger partial charge on any atom is -0.483 e. The van der Waals surface area contributed by atoms with E-state index in [2.05, 4.69) is 29.4 Å². The van der Waals surface area contributed by atoms with Crippen LogP contribution in [-0.2, 0) is 4.79 Å². The van der Waals surface area contributed by atoms with Gasteiger partial charge in [0.15, 0.2) is 6.61 Å². The number of carbonyl (C=O) groups excluding carboxylic acids is 1. The molecule has 1 aromatic heterocycles. The van der Waals surface area contributed by atoms with Crippen LogP contribution < -0.4 is 10.2 Å². The summed E-state index contributed by atoms with van der Waals surface area (Å²) in [7, 11) is 0. The van der Waals surface area contributed by atoms with Gasteiger partial charge in [0, 0.05) is 18.1 Å². The highest BCUT2D eigenvalue weighted by atomic mass is 16.5. The lowest BCUT2D eigenvalue weighted by atomic mass is 10.0. The molecular formula is C22H24N4O2. The maximum atomic E-state index is 12.0. The average Bonchev–Trinajstić information content (AvgIpc) is 3.21. The van der Waals surface area contributed by atoms with Gasteiger partial charge in [0.1, 0.15) is 5.75 Å². The highest BCUT2D eigenvalue weighted by molar-refractivity contribution is 5.83. The smallest absolute Gasteiger partial charge is 0.277 e. The zero-order valence-corrected chi connectivity index (χ0v) is 16.3. The van der Waals surface area contributed by atoms with Crippen molar-refractivity contribution in [2.45, 2.75) is 26.7 Å². The quantitative estimate of drug-likeness (QED) is 0.503. The summed E-state index contributed by atoms with van der Waals surface area (Å²) in [4.78, 5) is 16.0. The molecule has 6 heteroatoms. The van der Waals surface area contributed by atoms with E-state index in [1.165, 1.54) is 0 Å². The standard InChI is InChI=1S/C22H24N4O2/c1-16(2)20-9-4-17(3)12-21(20)28-14-22(27)25-24-13-18-5-7-19(8-6-18)26-11-10-23-15-26/h4-13,15-16H,14H2,1-3H3,(H,25,27)/b24-13+. The fourth-order valence-corrected chi connectivity index (χ4v) is 2.74. The first kappa shape index (κ1) is 19.4. The monoisotopic (exact) mass is 376 g/mol. The maximum Gasteiger partial charge on any atom is 0.277 e. The van der Waals surface area contributed by atoms with Crippen molar-refractivity contribution in [3.05, 3.63) is 77.9 Å². The van der Waals surface area contributed by atoms with Crippen molar-refractivity contribution in [3.63, 3.8) is 0 Å². The summed E-state index contributed by atoms with van der Waals surface area (Å²) >= 11 is 0. The summed E-state index contributed by atoms with van der Waals surface area (Å²) in [5.74, 6) is 0.758. The number of carbonyl (C=O) groups is 1. The Hall–Kier alpha value is -3.41. The zero-order chi connectivity index (χ0) is 19.9. The molecule has 0 unspecified atom stereocenters. The fraction of sp³-hybridized carbons (Fsp3) is 0.227. The van der Waals surface area contributed by atoms with E-state index in [0.717, 1.165) is 28.1 Å². The Labute approximate surface area is 164 Å². The number of benzene rings is 2. The summed E-state index contributed by atoms with van der Waals surface area (Å²) in [5.41, 5.74) is 6.56. The Kier molecular flexibility index (Phi) is 6.22. The summed E-state index contributed by atoms with van der Waals surface area (Å²) in [6, 6.07) is 13.8. The number of aromatic nitrogens is 2. The zero-order valence-electron chi connectivity index (χ0n) is 16.3. The van der Waals surface area contributed by atoms with Crippen LogP contribution in [0, 0.1) is 6.92 Å². The van der Waals surface area contributed by atoms with Gasteiger partial charge in [-0.2, -0.15) is 5.10 Å². The number of hydrogen-bond acceptors (Lipinski definition) is 4. The van der Waals surface area contributed by atoms with Gasteiger partial charge in [0.25, 0.3) is 5.91 Å². The van der Waals surface area contributed by atoms with Gasteiger partial charge in [-0.25, -0.2) is 10.4 Å². The predicted molar refractivity (Wildman–Crippen MR) is 110 cm³/mol. The molecule has 28 heavy (non-hydrogen) atoms. The molecule has 0 aliphatic carbocycles. The van der Waals surface area contributed by atoms with E-state index in [1.807, 2.05) is 60.2 Å². The lowest BCUT2D eigenvalue weighted by Crippen LogP contribution is -2.25. The van der Waals surface area contributed by atoms with Crippen molar-refractivity contribution >= 4 is 12.1 Å². The topological polar surface area (TPSA) is 68.5 Å². The number of nitrogens with zero attached hydrogens (tertiary/aromatic N) is 3. The van der Waals surface area contributed by atoms with Crippen molar-refractivity contribution in [2.75, 3.05) is 6.61 Å². The van der Waals surface area contributed by atoms with Crippen molar-refractivity contribution in [1.82, 2.24) is 15.0 Å². The molecule has 1 heterocycles. The van der Waals surface area contributed by atoms with E-state index in [-0.39, 0.29) is 12.5 Å². The van der Waals surface area contributed by atoms with Crippen LogP contribution in [0.5, 0.6) is 5.75 Å². The first-order chi connectivity index (χ1) is 13.5. The Balaban J connectivity index is 1.52. The van der Waals surface area contributed by atoms with Crippen molar-refractivity contribution < 1.29 is 9.53 Å². The summed E-state index contributed by atoms with van der Waals surface area (Å²) in [6.07, 6.45) is 6.94. The molecule has 0 bridgehead atoms. The Morgan fingerprint density at radius 1 is 1.25 bits per heavy atom. The molecule has 0 saturated carbocycles. The van der Waals surface area contributed by atoms with Gasteiger partial charge >= 0.3 is 0 Å². The summed E-state index contributed by atoms with van der Waals surface area (Å²) in [5, 5.41) is 4.00. The number of imidazole rings is 1. The molecule has 144 valence electrons. The largest absolute Gasteiger partial charge is 0.483 e. The van der Waals surface area contributed by atoms with E-state index >= 15 is 0 Å². The SMILES string of the molecule is Cc1ccc(C(C)C)c(OCC(=O)N/N=C/c2ccc(-n3ccnc3)cc2)c1. The van der Waals surface area contributed by atoms with Gasteiger partial charge in [-0.05, 0) is 47.7 Å². The maximum absolute atomic E-state index is 12.0. The van der Waals surface area contributed by atoms with Crippen LogP contribution >= 0.6 is 0 Å². The second-order valence-corrected chi connectivity index (χ2v) is 6.84. The number of nitrogens with one attached hydrogen (secondary N) is 1. The second kappa shape index (κ2) is 8.99. The van der Waals surface area contributed by atoms with Crippen molar-refractivity contribution in [2.24, 2.45) is 5.10 Å². The van der Waals surface area contributed by atoms with E-state index in [1.54, 1.807) is 18.7 Å². The third-order valence-corrected chi connectivity index (χ3v) is 4.25. The number of rotatable bonds is 7. The van der Waals surface area contributed by atoms with Crippen molar-refractivity contribution in [1.29, 1.82) is 0 Å². The van der Waals surface area contributed by atoms with E-state index in [0.29, 0.717) is 5.92 Å². The van der Waals surface area contributed by atoms with Crippen LogP contribution in [0.2, 0.25) is 0 Å². The first-order valence-electron chi connectivity index (χ1n) is 9.16. The van der Waals surface area contributed by atoms with Crippen LogP contribution in [0.25, 0.3) is 5.69 Å². The van der Waals surface area contributed by atoms with E-state index in [4.69, 9.17) is 4.74 Å². The molecule has 3 aromatic rings. The first-order valence-corrected chi connectivity index (χ1v) is 9.16. The lowest BCUT2D eigenvalue weighted by Gasteiger charge is -2.14. The third-order valence-electron chi connectivity index (χ3n) is 4.25. The molecule has 0 aliphatic heterocycles. The molecule has 0 aliphatic rings. The molecule has 0 fully saturated rings. The Morgan fingerprint density at radius 3 is 2.71 bits per heavy atom. The van der Waals surface area contributed by atoms with Crippen LogP contribution in [0.15, 0.2) is 66.3 Å². The van der Waals surface area contributed by atoms with E-state index in [9.17, 15) is 4.79 Å². The number of amides is 1. The average molecular weight is 376 g/mol. The van der Waals surface area contributed by atoms with Gasteiger partial charge < -0.3 is 9.30 Å². The second-order valence-electron chi connectivity index (χ2n) is 6.84. The third kappa shape index (κ3) is 5.07. The molecular weight excluding hydrogens is 352 g/mol. The van der Waals surface area contributed by atoms with Gasteiger partial charge in [0.2, 0.25) is 0 Å². The highest BCUT2D eigenvalue weighted by Gasteiger charge is 2.10. The number of ether oxygens (including phenoxy) is 1. The molecule has 3 rings (SSSR count). The Morgan fingerprint density at radius 2 is 2.04 bits per heavy atom. The van der Waals surface area contributed by atoms with Gasteiger partial charge in [-0.1, -0.05) is 38.1 Å². The summed E-state index contributed by atoms with van der Waals surface area (Å²) in [6.45, 7) is 6.11. The molecule has 1 N–H and O–H groups in total. The fourth-order valence-electron chi connectivity index (χ4n) is 2.74. The van der Waals surface area contributed by atoms with Gasteiger partial charge in [-0.15, -0.1) is 0 Å². The number of hydrazone groups is 1. The van der Waals surface area contributed by atoms with Gasteiger partial charge in [0.05, 0.1) is 12.5 Å². The molecule has 1 amide bonds. The molecule has 6 nitrogen and oxygen atoms in total. The van der Waals surface area contributed by atoms with Gasteiger partial charge in [-0.3, -0.25) is 4.79 Å². The Bertz CT molecular complexity index is 945. The van der Waals surface area contributed by atoms with Crippen LogP contribution in [-0.4, -0.2) is 28.3 Å². The number of hydrogen-bond donors (Lipinski definition) is 1. The van der Waals surface area contributed by atoms with Crippen molar-refractivity contribution in [3.8, 4) is 11.4 Å². The van der Waals surface area contributed by atoms with Crippen LogP contribution in [0.3, 0.4) is 0 Å². The molecule has 2 aromatic carbocycles. The molecule has 0 spiro atoms. The van der Waals surface area contributed by atoms with Crippen LogP contribution in [0.4, 0.5) is 0 Å². The molecule has 0 atom stereocenters. The van der Waals surface area contributed by atoms with E-state index < -0.39 is 0 Å². The minimum absolute atomic E-state index is 0.0833. The predicted octanol–water partition coefficient (Wildman–Crippen LogP) is 3.83. The lowest BCUT2D eigenvalue weighted by molar-refractivity contribution is -0.123. The molecule has 0 radical (unpaired) electrons. The minimum atomic E-state index is -0.303. The normalized spacial score (nSPS) is 11.1. The summed E-state index contributed by atoms with van der Waals surface area (Å²) < 4.78 is 7.62. The van der Waals surface area contributed by atoms with Crippen LogP contribution in [0.1, 0.15) is 36.5 Å². The number of aryl methyl sites for hydroxylation is 1.